The normalized spacial score (nSPS) is 20.5. The minimum absolute atomic E-state index is 0.0739. The van der Waals surface area contributed by atoms with Crippen LogP contribution in [0.4, 0.5) is 21.7 Å². The van der Waals surface area contributed by atoms with E-state index in [0.717, 1.165) is 45.1 Å². The van der Waals surface area contributed by atoms with Gasteiger partial charge in [0.25, 0.3) is 0 Å². The molecule has 232 valence electrons. The molecule has 2 aromatic carbocycles. The van der Waals surface area contributed by atoms with Crippen molar-refractivity contribution in [3.63, 3.8) is 0 Å². The van der Waals surface area contributed by atoms with Gasteiger partial charge >= 0.3 is 0 Å². The molecule has 3 fully saturated rings. The van der Waals surface area contributed by atoms with E-state index in [9.17, 15) is 14.4 Å². The van der Waals surface area contributed by atoms with Crippen molar-refractivity contribution >= 4 is 23.2 Å². The van der Waals surface area contributed by atoms with Crippen LogP contribution >= 0.6 is 0 Å². The van der Waals surface area contributed by atoms with Crippen LogP contribution < -0.4 is 15.0 Å². The van der Waals surface area contributed by atoms with Crippen molar-refractivity contribution in [1.29, 1.82) is 10.5 Å². The molecular formula is C32H34FN9O3. The summed E-state index contributed by atoms with van der Waals surface area (Å²) in [6.45, 7) is 5.93. The Morgan fingerprint density at radius 2 is 1.87 bits per heavy atom. The number of benzene rings is 2. The number of aromatic nitrogens is 3. The number of carbonyl (C=O) groups excluding carboxylic acids is 1. The number of alkyl halides is 1. The van der Waals surface area contributed by atoms with Gasteiger partial charge in [0.1, 0.15) is 24.3 Å². The number of rotatable bonds is 9. The van der Waals surface area contributed by atoms with Gasteiger partial charge in [0.05, 0.1) is 37.4 Å². The fourth-order valence-corrected chi connectivity index (χ4v) is 5.75. The van der Waals surface area contributed by atoms with Crippen molar-refractivity contribution in [2.24, 2.45) is 0 Å². The zero-order valence-corrected chi connectivity index (χ0v) is 24.8. The monoisotopic (exact) mass is 611 g/mol. The van der Waals surface area contributed by atoms with E-state index in [-0.39, 0.29) is 43.0 Å². The van der Waals surface area contributed by atoms with Crippen LogP contribution in [0.1, 0.15) is 24.8 Å². The number of anilines is 3. The molecule has 0 bridgehead atoms. The molecule has 1 N–H and O–H groups in total. The first-order valence-electron chi connectivity index (χ1n) is 15.1. The summed E-state index contributed by atoms with van der Waals surface area (Å²) < 4.78 is 26.2. The van der Waals surface area contributed by atoms with Crippen LogP contribution in [-0.2, 0) is 9.53 Å². The zero-order valence-electron chi connectivity index (χ0n) is 24.8. The lowest BCUT2D eigenvalue weighted by molar-refractivity contribution is -0.135. The van der Waals surface area contributed by atoms with Gasteiger partial charge in [-0.2, -0.15) is 15.5 Å². The number of amides is 1. The predicted octanol–water partition coefficient (Wildman–Crippen LogP) is 3.30. The lowest BCUT2D eigenvalue weighted by Crippen LogP contribution is -2.56. The number of likely N-dealkylation sites (tertiary alicyclic amines) is 1. The molecular weight excluding hydrogens is 577 g/mol. The molecule has 1 aromatic heterocycles. The average molecular weight is 612 g/mol. The van der Waals surface area contributed by atoms with Gasteiger partial charge in [-0.25, -0.2) is 14.4 Å². The highest BCUT2D eigenvalue weighted by Gasteiger charge is 2.33. The van der Waals surface area contributed by atoms with Gasteiger partial charge in [0.2, 0.25) is 11.9 Å². The second-order valence-electron chi connectivity index (χ2n) is 11.3. The third-order valence-electron chi connectivity index (χ3n) is 8.43. The van der Waals surface area contributed by atoms with Crippen LogP contribution in [0.3, 0.4) is 0 Å². The summed E-state index contributed by atoms with van der Waals surface area (Å²) in [7, 11) is 0. The molecule has 0 aliphatic carbocycles. The van der Waals surface area contributed by atoms with Crippen LogP contribution in [0.2, 0.25) is 0 Å². The zero-order chi connectivity index (χ0) is 31.2. The Labute approximate surface area is 261 Å². The van der Waals surface area contributed by atoms with Crippen LogP contribution in [-0.4, -0.2) is 101 Å². The summed E-state index contributed by atoms with van der Waals surface area (Å²) in [5.41, 5.74) is 2.81. The van der Waals surface area contributed by atoms with Crippen LogP contribution in [0.25, 0.3) is 11.4 Å². The van der Waals surface area contributed by atoms with Crippen molar-refractivity contribution in [1.82, 2.24) is 24.8 Å². The maximum Gasteiger partial charge on any atom is 0.230 e. The highest BCUT2D eigenvalue weighted by molar-refractivity contribution is 5.76. The fourth-order valence-electron chi connectivity index (χ4n) is 5.75. The first-order valence-corrected chi connectivity index (χ1v) is 15.1. The van der Waals surface area contributed by atoms with Gasteiger partial charge in [0, 0.05) is 68.9 Å². The predicted molar refractivity (Wildman–Crippen MR) is 163 cm³/mol. The Morgan fingerprint density at radius 3 is 2.56 bits per heavy atom. The maximum absolute atomic E-state index is 14.9. The van der Waals surface area contributed by atoms with Gasteiger partial charge in [0.15, 0.2) is 12.0 Å². The van der Waals surface area contributed by atoms with Crippen LogP contribution in [0, 0.1) is 22.7 Å². The van der Waals surface area contributed by atoms with Crippen molar-refractivity contribution in [3.8, 4) is 29.3 Å². The molecule has 0 radical (unpaired) electrons. The van der Waals surface area contributed by atoms with E-state index in [1.54, 1.807) is 18.2 Å². The van der Waals surface area contributed by atoms with Crippen molar-refractivity contribution in [3.05, 3.63) is 54.4 Å². The van der Waals surface area contributed by atoms with E-state index < -0.39 is 12.3 Å². The summed E-state index contributed by atoms with van der Waals surface area (Å²) in [5.74, 6) is 0.741. The quantitative estimate of drug-likeness (QED) is 0.381. The topological polar surface area (TPSA) is 144 Å². The van der Waals surface area contributed by atoms with E-state index >= 15 is 0 Å². The third kappa shape index (κ3) is 7.11. The number of hydrogen-bond acceptors (Lipinski definition) is 11. The van der Waals surface area contributed by atoms with Crippen molar-refractivity contribution in [2.45, 2.75) is 37.6 Å². The second-order valence-corrected chi connectivity index (χ2v) is 11.3. The Morgan fingerprint density at radius 1 is 1.07 bits per heavy atom. The average Bonchev–Trinajstić information content (AvgIpc) is 3.05. The number of nitriles is 2. The van der Waals surface area contributed by atoms with Gasteiger partial charge < -0.3 is 24.6 Å². The number of halogens is 1. The molecule has 3 aliphatic heterocycles. The number of nitrogens with one attached hydrogen (secondary N) is 1. The summed E-state index contributed by atoms with van der Waals surface area (Å²) in [6.07, 6.45) is -0.353. The summed E-state index contributed by atoms with van der Waals surface area (Å²) in [5, 5.41) is 21.7. The van der Waals surface area contributed by atoms with Gasteiger partial charge in [-0.3, -0.25) is 9.69 Å². The molecule has 1 amide bonds. The largest absolute Gasteiger partial charge is 0.486 e. The number of carbonyl (C=O) groups is 1. The highest BCUT2D eigenvalue weighted by Crippen LogP contribution is 2.29. The SMILES string of the molecule is N#CCCC(=O)N1CCC(Oc2ccc(-c3ncnc(Nc4ccc(N5CCN(C6COC6)CC5)cc4)n3)cc2C#N)C(F)C1. The standard InChI is InChI=1S/C32H34FN9O3/c33-27-18-42(30(43)2-1-10-34)11-9-29(27)45-28-8-3-22(16-23(28)17-35)31-36-21-37-32(39-31)38-24-4-6-25(7-5-24)40-12-14-41(15-13-40)26-19-44-20-26/h3-8,16,21,26-27,29H,1-2,9,11-15,18-20H2,(H,36,37,38,39). The van der Waals surface area contributed by atoms with Crippen molar-refractivity contribution < 1.29 is 18.7 Å². The third-order valence-corrected chi connectivity index (χ3v) is 8.43. The first-order chi connectivity index (χ1) is 22.0. The minimum atomic E-state index is -1.42. The van der Waals surface area contributed by atoms with Gasteiger partial charge in [-0.1, -0.05) is 0 Å². The van der Waals surface area contributed by atoms with Gasteiger partial charge in [-0.15, -0.1) is 0 Å². The van der Waals surface area contributed by atoms with E-state index in [4.69, 9.17) is 14.7 Å². The molecule has 2 unspecified atom stereocenters. The number of piperidine rings is 1. The lowest BCUT2D eigenvalue weighted by Gasteiger charge is -2.43. The molecule has 3 aliphatic rings. The first kappa shape index (κ1) is 30.2. The molecule has 13 heteroatoms. The minimum Gasteiger partial charge on any atom is -0.486 e. The molecule has 45 heavy (non-hydrogen) atoms. The van der Waals surface area contributed by atoms with Crippen molar-refractivity contribution in [2.75, 3.05) is 62.7 Å². The van der Waals surface area contributed by atoms with E-state index in [2.05, 4.69) is 48.3 Å². The van der Waals surface area contributed by atoms with Gasteiger partial charge in [-0.05, 0) is 42.5 Å². The Hall–Kier alpha value is -4.85. The molecule has 3 saturated heterocycles. The van der Waals surface area contributed by atoms with Crippen LogP contribution in [0.15, 0.2) is 48.8 Å². The molecule has 0 saturated carbocycles. The summed E-state index contributed by atoms with van der Waals surface area (Å²) >= 11 is 0. The highest BCUT2D eigenvalue weighted by atomic mass is 19.1. The van der Waals surface area contributed by atoms with E-state index in [1.165, 1.54) is 16.9 Å². The number of piperazine rings is 1. The Balaban J connectivity index is 1.06. The molecule has 4 heterocycles. The fraction of sp³-hybridized carbons (Fsp3) is 0.438. The molecule has 6 rings (SSSR count). The summed E-state index contributed by atoms with van der Waals surface area (Å²) in [6, 6.07) is 17.7. The number of nitrogens with zero attached hydrogens (tertiary/aromatic N) is 8. The molecule has 2 atom stereocenters. The smallest absolute Gasteiger partial charge is 0.230 e. The number of hydrogen-bond donors (Lipinski definition) is 1. The molecule has 12 nitrogen and oxygen atoms in total. The number of ether oxygens (including phenoxy) is 2. The second kappa shape index (κ2) is 13.8. The maximum atomic E-state index is 14.9. The summed E-state index contributed by atoms with van der Waals surface area (Å²) in [4.78, 5) is 31.6. The Kier molecular flexibility index (Phi) is 9.29. The van der Waals surface area contributed by atoms with E-state index in [0.29, 0.717) is 29.9 Å². The lowest BCUT2D eigenvalue weighted by atomic mass is 10.0. The molecule has 3 aromatic rings. The Bertz CT molecular complexity index is 1580. The van der Waals surface area contributed by atoms with E-state index in [1.807, 2.05) is 18.2 Å². The molecule has 0 spiro atoms. The van der Waals surface area contributed by atoms with Crippen LogP contribution in [0.5, 0.6) is 5.75 Å².